The fraction of sp³-hybridized carbons (Fsp3) is 1.00. The van der Waals surface area contributed by atoms with E-state index < -0.39 is 0 Å². The fourth-order valence-electron chi connectivity index (χ4n) is 2.80. The summed E-state index contributed by atoms with van der Waals surface area (Å²) in [6.07, 6.45) is 14.9. The van der Waals surface area contributed by atoms with Gasteiger partial charge in [-0.1, -0.05) is 71.6 Å². The molecule has 0 aromatic heterocycles. The molecular weight excluding hydrogens is 168 g/mol. The van der Waals surface area contributed by atoms with Crippen molar-refractivity contribution in [2.24, 2.45) is 11.8 Å². The first kappa shape index (κ1) is 12.1. The second kappa shape index (κ2) is 7.31. The maximum Gasteiger partial charge on any atom is -0.0440 e. The van der Waals surface area contributed by atoms with E-state index in [2.05, 4.69) is 13.8 Å². The van der Waals surface area contributed by atoms with Crippen molar-refractivity contribution in [1.29, 1.82) is 0 Å². The molecule has 2 rings (SSSR count). The third-order valence-corrected chi connectivity index (χ3v) is 3.70. The van der Waals surface area contributed by atoms with Gasteiger partial charge in [-0.25, -0.2) is 0 Å². The quantitative estimate of drug-likeness (QED) is 0.501. The Morgan fingerprint density at radius 1 is 0.571 bits per heavy atom. The minimum atomic E-state index is 1.01. The van der Waals surface area contributed by atoms with E-state index in [1.54, 1.807) is 0 Å². The van der Waals surface area contributed by atoms with Crippen LogP contribution in [0.2, 0.25) is 0 Å². The highest BCUT2D eigenvalue weighted by Gasteiger charge is 2.13. The minimum Gasteiger partial charge on any atom is -0.0625 e. The van der Waals surface area contributed by atoms with Gasteiger partial charge in [-0.3, -0.25) is 0 Å². The van der Waals surface area contributed by atoms with Gasteiger partial charge in [0.25, 0.3) is 0 Å². The Kier molecular flexibility index (Phi) is 6.31. The zero-order chi connectivity index (χ0) is 10.2. The molecule has 0 heterocycles. The van der Waals surface area contributed by atoms with Crippen LogP contribution in [0.15, 0.2) is 0 Å². The van der Waals surface area contributed by atoms with E-state index in [1.165, 1.54) is 64.2 Å². The monoisotopic (exact) mass is 196 g/mol. The highest BCUT2D eigenvalue weighted by Crippen LogP contribution is 2.27. The molecule has 2 aliphatic carbocycles. The molecule has 2 fully saturated rings. The molecule has 0 spiro atoms. The molecule has 2 unspecified atom stereocenters. The van der Waals surface area contributed by atoms with Gasteiger partial charge in [0.15, 0.2) is 0 Å². The van der Waals surface area contributed by atoms with Crippen LogP contribution in [0.25, 0.3) is 0 Å². The summed E-state index contributed by atoms with van der Waals surface area (Å²) in [7, 11) is 0. The zero-order valence-corrected chi connectivity index (χ0v) is 10.2. The van der Waals surface area contributed by atoms with Gasteiger partial charge in [0.1, 0.15) is 0 Å². The first-order valence-corrected chi connectivity index (χ1v) is 6.79. The summed E-state index contributed by atoms with van der Waals surface area (Å²) in [5, 5.41) is 0. The summed E-state index contributed by atoms with van der Waals surface area (Å²) < 4.78 is 0. The Labute approximate surface area is 90.5 Å². The van der Waals surface area contributed by atoms with E-state index in [-0.39, 0.29) is 0 Å². The van der Waals surface area contributed by atoms with Gasteiger partial charge >= 0.3 is 0 Å². The van der Waals surface area contributed by atoms with Gasteiger partial charge < -0.3 is 0 Å². The van der Waals surface area contributed by atoms with Crippen molar-refractivity contribution in [3.8, 4) is 0 Å². The molecule has 84 valence electrons. The van der Waals surface area contributed by atoms with Crippen molar-refractivity contribution >= 4 is 0 Å². The van der Waals surface area contributed by atoms with Crippen LogP contribution in [-0.4, -0.2) is 0 Å². The molecule has 14 heavy (non-hydrogen) atoms. The average Bonchev–Trinajstić information content (AvgIpc) is 2.21. The smallest absolute Gasteiger partial charge is 0.0440 e. The molecule has 0 aromatic carbocycles. The largest absolute Gasteiger partial charge is 0.0625 e. The molecule has 2 saturated carbocycles. The predicted molar refractivity (Wildman–Crippen MR) is 64.5 cm³/mol. The second-order valence-corrected chi connectivity index (χ2v) is 5.50. The summed E-state index contributed by atoms with van der Waals surface area (Å²) in [4.78, 5) is 0. The normalized spacial score (nSPS) is 33.0. The lowest BCUT2D eigenvalue weighted by Crippen LogP contribution is -2.09. The summed E-state index contributed by atoms with van der Waals surface area (Å²) in [6.45, 7) is 4.74. The topological polar surface area (TPSA) is 0 Å². The molecule has 2 aliphatic rings. The average molecular weight is 196 g/mol. The molecule has 0 nitrogen and oxygen atoms in total. The van der Waals surface area contributed by atoms with Crippen molar-refractivity contribution < 1.29 is 0 Å². The SMILES string of the molecule is C1CCCCC1.CC1CCCC(C)C1. The molecule has 0 N–H and O–H groups in total. The highest BCUT2D eigenvalue weighted by molar-refractivity contribution is 4.66. The van der Waals surface area contributed by atoms with Gasteiger partial charge in [-0.15, -0.1) is 0 Å². The van der Waals surface area contributed by atoms with Crippen molar-refractivity contribution in [1.82, 2.24) is 0 Å². The lowest BCUT2D eigenvalue weighted by atomic mass is 9.84. The number of hydrogen-bond acceptors (Lipinski definition) is 0. The Balaban J connectivity index is 0.000000146. The minimum absolute atomic E-state index is 1.01. The van der Waals surface area contributed by atoms with Crippen molar-refractivity contribution in [2.45, 2.75) is 78.1 Å². The van der Waals surface area contributed by atoms with Crippen LogP contribution in [0.1, 0.15) is 78.1 Å². The summed E-state index contributed by atoms with van der Waals surface area (Å²) >= 11 is 0. The van der Waals surface area contributed by atoms with Gasteiger partial charge in [-0.2, -0.15) is 0 Å². The van der Waals surface area contributed by atoms with Crippen LogP contribution in [0.4, 0.5) is 0 Å². The second-order valence-electron chi connectivity index (χ2n) is 5.50. The summed E-state index contributed by atoms with van der Waals surface area (Å²) in [5.41, 5.74) is 0. The molecule has 0 aromatic rings. The van der Waals surface area contributed by atoms with Crippen LogP contribution in [-0.2, 0) is 0 Å². The molecule has 0 radical (unpaired) electrons. The standard InChI is InChI=1S/C8H16.C6H12/c1-7-4-3-5-8(2)6-7;1-2-4-6-5-3-1/h7-8H,3-6H2,1-2H3;1-6H2. The molecule has 0 heteroatoms. The lowest BCUT2D eigenvalue weighted by molar-refractivity contribution is 0.301. The van der Waals surface area contributed by atoms with E-state index in [0.717, 1.165) is 11.8 Å². The van der Waals surface area contributed by atoms with Gasteiger partial charge in [0.05, 0.1) is 0 Å². The first-order valence-electron chi connectivity index (χ1n) is 6.79. The summed E-state index contributed by atoms with van der Waals surface area (Å²) in [5.74, 6) is 2.03. The maximum atomic E-state index is 2.37. The first-order chi connectivity index (χ1) is 6.79. The number of rotatable bonds is 0. The van der Waals surface area contributed by atoms with Crippen LogP contribution in [0.5, 0.6) is 0 Å². The lowest BCUT2D eigenvalue weighted by Gasteiger charge is -2.22. The van der Waals surface area contributed by atoms with Crippen molar-refractivity contribution in [2.75, 3.05) is 0 Å². The highest BCUT2D eigenvalue weighted by atomic mass is 14.2. The Morgan fingerprint density at radius 3 is 1.14 bits per heavy atom. The van der Waals surface area contributed by atoms with Gasteiger partial charge in [0.2, 0.25) is 0 Å². The van der Waals surface area contributed by atoms with Crippen molar-refractivity contribution in [3.63, 3.8) is 0 Å². The summed E-state index contributed by atoms with van der Waals surface area (Å²) in [6, 6.07) is 0. The Morgan fingerprint density at radius 2 is 0.929 bits per heavy atom. The van der Waals surface area contributed by atoms with E-state index in [1.807, 2.05) is 0 Å². The predicted octanol–water partition coefficient (Wildman–Crippen LogP) is 5.17. The van der Waals surface area contributed by atoms with Crippen LogP contribution in [0, 0.1) is 11.8 Å². The maximum absolute atomic E-state index is 2.37. The number of hydrogen-bond donors (Lipinski definition) is 0. The molecule has 0 aliphatic heterocycles. The van der Waals surface area contributed by atoms with E-state index in [0.29, 0.717) is 0 Å². The molecule has 0 amide bonds. The molecule has 2 atom stereocenters. The third-order valence-electron chi connectivity index (χ3n) is 3.70. The molecular formula is C14H28. The van der Waals surface area contributed by atoms with Crippen LogP contribution < -0.4 is 0 Å². The van der Waals surface area contributed by atoms with Gasteiger partial charge in [0, 0.05) is 0 Å². The molecule has 0 bridgehead atoms. The Hall–Kier alpha value is 0. The van der Waals surface area contributed by atoms with Crippen molar-refractivity contribution in [3.05, 3.63) is 0 Å². The van der Waals surface area contributed by atoms with E-state index >= 15 is 0 Å². The molecule has 0 saturated heterocycles. The van der Waals surface area contributed by atoms with Crippen LogP contribution in [0.3, 0.4) is 0 Å². The van der Waals surface area contributed by atoms with Gasteiger partial charge in [-0.05, 0) is 18.3 Å². The van der Waals surface area contributed by atoms with E-state index in [4.69, 9.17) is 0 Å². The fourth-order valence-corrected chi connectivity index (χ4v) is 2.80. The van der Waals surface area contributed by atoms with E-state index in [9.17, 15) is 0 Å². The zero-order valence-electron chi connectivity index (χ0n) is 10.2. The Bertz CT molecular complexity index is 104. The van der Waals surface area contributed by atoms with Crippen LogP contribution >= 0.6 is 0 Å². The third kappa shape index (κ3) is 5.67.